The Labute approximate surface area is 148 Å². The van der Waals surface area contributed by atoms with Crippen molar-refractivity contribution in [3.05, 3.63) is 59.2 Å². The monoisotopic (exact) mass is 354 g/mol. The predicted octanol–water partition coefficient (Wildman–Crippen LogP) is 3.72. The fourth-order valence-corrected chi connectivity index (χ4v) is 3.81. The van der Waals surface area contributed by atoms with Crippen molar-refractivity contribution < 1.29 is 9.18 Å². The van der Waals surface area contributed by atoms with E-state index in [0.29, 0.717) is 16.4 Å². The highest BCUT2D eigenvalue weighted by Gasteiger charge is 2.30. The first kappa shape index (κ1) is 15.8. The van der Waals surface area contributed by atoms with Crippen molar-refractivity contribution in [1.82, 2.24) is 15.0 Å². The highest BCUT2D eigenvalue weighted by molar-refractivity contribution is 7.13. The van der Waals surface area contributed by atoms with E-state index >= 15 is 0 Å². The van der Waals surface area contributed by atoms with Gasteiger partial charge in [0.1, 0.15) is 22.2 Å². The Bertz CT molecular complexity index is 928. The molecule has 0 fully saturated rings. The zero-order chi connectivity index (χ0) is 17.4. The molecular formula is C18H15FN4OS. The minimum atomic E-state index is -0.278. The fraction of sp³-hybridized carbons (Fsp3) is 0.222. The van der Waals surface area contributed by atoms with Crippen molar-refractivity contribution in [3.63, 3.8) is 0 Å². The van der Waals surface area contributed by atoms with E-state index in [1.54, 1.807) is 34.9 Å². The number of rotatable bonds is 2. The molecule has 3 aromatic rings. The first-order chi connectivity index (χ1) is 12.1. The summed E-state index contributed by atoms with van der Waals surface area (Å²) in [6.07, 6.45) is 6.36. The van der Waals surface area contributed by atoms with Gasteiger partial charge in [0.05, 0.1) is 6.20 Å². The van der Waals surface area contributed by atoms with Gasteiger partial charge in [-0.1, -0.05) is 0 Å². The predicted molar refractivity (Wildman–Crippen MR) is 94.1 cm³/mol. The molecule has 0 saturated carbocycles. The lowest BCUT2D eigenvalue weighted by molar-refractivity contribution is 0.0971. The Morgan fingerprint density at radius 1 is 1.36 bits per heavy atom. The van der Waals surface area contributed by atoms with Crippen LogP contribution in [-0.4, -0.2) is 26.9 Å². The molecular weight excluding hydrogens is 339 g/mol. The third kappa shape index (κ3) is 2.91. The Kier molecular flexibility index (Phi) is 4.01. The summed E-state index contributed by atoms with van der Waals surface area (Å²) in [6, 6.07) is 4.61. The van der Waals surface area contributed by atoms with E-state index < -0.39 is 0 Å². The van der Waals surface area contributed by atoms with Gasteiger partial charge >= 0.3 is 0 Å². The minimum absolute atomic E-state index is 0.0344. The van der Waals surface area contributed by atoms with Crippen molar-refractivity contribution in [2.24, 2.45) is 0 Å². The van der Waals surface area contributed by atoms with Crippen molar-refractivity contribution >= 4 is 22.9 Å². The van der Waals surface area contributed by atoms with Crippen LogP contribution in [0.3, 0.4) is 0 Å². The van der Waals surface area contributed by atoms with Gasteiger partial charge in [0.25, 0.3) is 5.91 Å². The standard InChI is InChI=1S/C18H15FN4OS/c1-11-2-3-12-8-13(19)4-5-16(12)23(11)18(24)15-10-25-17(22-15)14-9-20-6-7-21-14/h4-11H,2-3H2,1H3/t11-/m0/s1. The highest BCUT2D eigenvalue weighted by Crippen LogP contribution is 2.33. The largest absolute Gasteiger partial charge is 0.304 e. The lowest BCUT2D eigenvalue weighted by atomic mass is 9.96. The molecule has 0 aliphatic carbocycles. The second-order valence-corrected chi connectivity index (χ2v) is 6.82. The van der Waals surface area contributed by atoms with E-state index in [9.17, 15) is 9.18 Å². The molecule has 1 atom stereocenters. The molecule has 4 rings (SSSR count). The van der Waals surface area contributed by atoms with Crippen molar-refractivity contribution in [3.8, 4) is 10.7 Å². The molecule has 0 N–H and O–H groups in total. The van der Waals surface area contributed by atoms with Gasteiger partial charge in [0.2, 0.25) is 0 Å². The maximum absolute atomic E-state index is 13.5. The van der Waals surface area contributed by atoms with Crippen molar-refractivity contribution in [1.29, 1.82) is 0 Å². The summed E-state index contributed by atoms with van der Waals surface area (Å²) in [5, 5.41) is 2.39. The average Bonchev–Trinajstić information content (AvgIpc) is 3.12. The molecule has 1 aliphatic rings. The van der Waals surface area contributed by atoms with E-state index in [1.807, 2.05) is 6.92 Å². The zero-order valence-corrected chi connectivity index (χ0v) is 14.3. The number of thiazole rings is 1. The number of hydrogen-bond donors (Lipinski definition) is 0. The van der Waals surface area contributed by atoms with Crippen LogP contribution in [-0.2, 0) is 6.42 Å². The Morgan fingerprint density at radius 3 is 3.04 bits per heavy atom. The average molecular weight is 354 g/mol. The molecule has 5 nitrogen and oxygen atoms in total. The Balaban J connectivity index is 1.69. The number of benzene rings is 1. The smallest absolute Gasteiger partial charge is 0.278 e. The number of fused-ring (bicyclic) bond motifs is 1. The molecule has 1 aliphatic heterocycles. The maximum Gasteiger partial charge on any atom is 0.278 e. The summed E-state index contributed by atoms with van der Waals surface area (Å²) in [7, 11) is 0. The lowest BCUT2D eigenvalue weighted by Gasteiger charge is -2.34. The molecule has 3 heterocycles. The van der Waals surface area contributed by atoms with Gasteiger partial charge in [-0.05, 0) is 43.5 Å². The van der Waals surface area contributed by atoms with Crippen LogP contribution in [0, 0.1) is 5.82 Å². The number of carbonyl (C=O) groups is 1. The first-order valence-electron chi connectivity index (χ1n) is 7.97. The third-order valence-corrected chi connectivity index (χ3v) is 5.16. The second kappa shape index (κ2) is 6.33. The highest BCUT2D eigenvalue weighted by atomic mass is 32.1. The number of halogens is 1. The van der Waals surface area contributed by atoms with Crippen LogP contribution < -0.4 is 4.90 Å². The SMILES string of the molecule is C[C@H]1CCc2cc(F)ccc2N1C(=O)c1csc(-c2cnccn2)n1. The molecule has 126 valence electrons. The maximum atomic E-state index is 13.5. The van der Waals surface area contributed by atoms with Gasteiger partial charge < -0.3 is 4.90 Å². The van der Waals surface area contributed by atoms with E-state index in [2.05, 4.69) is 15.0 Å². The molecule has 0 radical (unpaired) electrons. The molecule has 25 heavy (non-hydrogen) atoms. The fourth-order valence-electron chi connectivity index (χ4n) is 3.05. The van der Waals surface area contributed by atoms with E-state index in [4.69, 9.17) is 0 Å². The van der Waals surface area contributed by atoms with Crippen LogP contribution in [0.4, 0.5) is 10.1 Å². The molecule has 1 aromatic carbocycles. The van der Waals surface area contributed by atoms with Crippen LogP contribution in [0.2, 0.25) is 0 Å². The number of amides is 1. The van der Waals surface area contributed by atoms with E-state index in [0.717, 1.165) is 24.1 Å². The summed E-state index contributed by atoms with van der Waals surface area (Å²) in [5.41, 5.74) is 2.63. The van der Waals surface area contributed by atoms with Crippen molar-refractivity contribution in [2.75, 3.05) is 4.90 Å². The summed E-state index contributed by atoms with van der Waals surface area (Å²) in [5.74, 6) is -0.453. The van der Waals surface area contributed by atoms with Gasteiger partial charge in [-0.2, -0.15) is 0 Å². The number of aromatic nitrogens is 3. The molecule has 7 heteroatoms. The number of nitrogens with zero attached hydrogens (tertiary/aromatic N) is 4. The zero-order valence-electron chi connectivity index (χ0n) is 13.5. The summed E-state index contributed by atoms with van der Waals surface area (Å²) in [4.78, 5) is 27.4. The molecule has 1 amide bonds. The molecule has 0 spiro atoms. The van der Waals surface area contributed by atoms with Crippen LogP contribution in [0.15, 0.2) is 42.2 Å². The number of hydrogen-bond acceptors (Lipinski definition) is 5. The number of aryl methyl sites for hydroxylation is 1. The Morgan fingerprint density at radius 2 is 2.24 bits per heavy atom. The number of anilines is 1. The van der Waals surface area contributed by atoms with Crippen LogP contribution in [0.5, 0.6) is 0 Å². The minimum Gasteiger partial charge on any atom is -0.304 e. The van der Waals surface area contributed by atoms with Crippen molar-refractivity contribution in [2.45, 2.75) is 25.8 Å². The lowest BCUT2D eigenvalue weighted by Crippen LogP contribution is -2.42. The van der Waals surface area contributed by atoms with Gasteiger partial charge in [-0.25, -0.2) is 9.37 Å². The topological polar surface area (TPSA) is 59.0 Å². The Hall–Kier alpha value is -2.67. The van der Waals surface area contributed by atoms with E-state index in [-0.39, 0.29) is 17.8 Å². The first-order valence-corrected chi connectivity index (χ1v) is 8.85. The van der Waals surface area contributed by atoms with Gasteiger partial charge in [-0.15, -0.1) is 11.3 Å². The molecule has 0 bridgehead atoms. The van der Waals surface area contributed by atoms with Crippen LogP contribution >= 0.6 is 11.3 Å². The summed E-state index contributed by atoms with van der Waals surface area (Å²) in [6.45, 7) is 2.00. The number of carbonyl (C=O) groups excluding carboxylic acids is 1. The summed E-state index contributed by atoms with van der Waals surface area (Å²) >= 11 is 1.36. The van der Waals surface area contributed by atoms with Crippen LogP contribution in [0.1, 0.15) is 29.4 Å². The molecule has 0 saturated heterocycles. The van der Waals surface area contributed by atoms with Crippen LogP contribution in [0.25, 0.3) is 10.7 Å². The second-order valence-electron chi connectivity index (χ2n) is 5.96. The summed E-state index contributed by atoms with van der Waals surface area (Å²) < 4.78 is 13.5. The van der Waals surface area contributed by atoms with E-state index in [1.165, 1.54) is 23.5 Å². The van der Waals surface area contributed by atoms with Gasteiger partial charge in [-0.3, -0.25) is 14.8 Å². The molecule has 0 unspecified atom stereocenters. The quantitative estimate of drug-likeness (QED) is 0.704. The van der Waals surface area contributed by atoms with Gasteiger partial charge in [0.15, 0.2) is 0 Å². The molecule has 2 aromatic heterocycles. The van der Waals surface area contributed by atoms with Gasteiger partial charge in [0, 0.05) is 29.5 Å². The third-order valence-electron chi connectivity index (χ3n) is 4.30. The normalized spacial score (nSPS) is 16.6.